The smallest absolute Gasteiger partial charge is 0.312 e. The maximum Gasteiger partial charge on any atom is 0.312 e. The van der Waals surface area contributed by atoms with Crippen LogP contribution in [-0.2, 0) is 15.0 Å². The lowest BCUT2D eigenvalue weighted by atomic mass is 9.99. The molecule has 1 aliphatic rings. The lowest BCUT2D eigenvalue weighted by Crippen LogP contribution is -2.47. The van der Waals surface area contributed by atoms with Gasteiger partial charge in [0, 0.05) is 26.2 Å². The molecule has 9 nitrogen and oxygen atoms in total. The Bertz CT molecular complexity index is 430. The van der Waals surface area contributed by atoms with E-state index in [1.807, 2.05) is 0 Å². The molecule has 0 aromatic rings. The Morgan fingerprint density at radius 3 is 2.32 bits per heavy atom. The van der Waals surface area contributed by atoms with Crippen LogP contribution in [0.3, 0.4) is 0 Å². The second-order valence-corrected chi connectivity index (χ2v) is 5.96. The summed E-state index contributed by atoms with van der Waals surface area (Å²) >= 11 is 0. The number of piperidine rings is 1. The van der Waals surface area contributed by atoms with E-state index in [0.717, 1.165) is 0 Å². The van der Waals surface area contributed by atoms with E-state index in [1.165, 1.54) is 4.31 Å². The van der Waals surface area contributed by atoms with Crippen LogP contribution in [0.1, 0.15) is 12.8 Å². The number of hydrogen-bond donors (Lipinski definition) is 4. The zero-order valence-corrected chi connectivity index (χ0v) is 11.1. The Morgan fingerprint density at radius 1 is 1.26 bits per heavy atom. The fourth-order valence-electron chi connectivity index (χ4n) is 1.80. The van der Waals surface area contributed by atoms with Gasteiger partial charge in [-0.25, -0.2) is 9.52 Å². The van der Waals surface area contributed by atoms with Gasteiger partial charge in [0.05, 0.1) is 5.92 Å². The van der Waals surface area contributed by atoms with E-state index in [9.17, 15) is 18.0 Å². The number of rotatable bonds is 6. The van der Waals surface area contributed by atoms with Crippen LogP contribution < -0.4 is 15.8 Å². The Hall–Kier alpha value is -1.39. The molecule has 0 aromatic heterocycles. The highest BCUT2D eigenvalue weighted by Crippen LogP contribution is 2.18. The van der Waals surface area contributed by atoms with Crippen LogP contribution in [0, 0.1) is 5.92 Å². The predicted molar refractivity (Wildman–Crippen MR) is 66.4 cm³/mol. The molecule has 0 unspecified atom stereocenters. The third-order valence-corrected chi connectivity index (χ3v) is 4.47. The highest BCUT2D eigenvalue weighted by atomic mass is 32.2. The van der Waals surface area contributed by atoms with Crippen molar-refractivity contribution in [3.63, 3.8) is 0 Å². The largest absolute Gasteiger partial charge is 0.481 e. The average Bonchev–Trinajstić information content (AvgIpc) is 2.34. The summed E-state index contributed by atoms with van der Waals surface area (Å²) in [4.78, 5) is 21.1. The quantitative estimate of drug-likeness (QED) is 0.431. The molecule has 110 valence electrons. The van der Waals surface area contributed by atoms with Crippen molar-refractivity contribution < 1.29 is 23.1 Å². The lowest BCUT2D eigenvalue weighted by molar-refractivity contribution is -0.142. The average molecular weight is 294 g/mol. The molecule has 1 aliphatic heterocycles. The van der Waals surface area contributed by atoms with Gasteiger partial charge >= 0.3 is 12.0 Å². The van der Waals surface area contributed by atoms with Gasteiger partial charge in [-0.15, -0.1) is 0 Å². The molecule has 1 saturated heterocycles. The summed E-state index contributed by atoms with van der Waals surface area (Å²) in [6.45, 7) is 0.482. The van der Waals surface area contributed by atoms with Crippen molar-refractivity contribution in [1.82, 2.24) is 14.3 Å². The van der Waals surface area contributed by atoms with E-state index < -0.39 is 28.1 Å². The minimum Gasteiger partial charge on any atom is -0.481 e. The van der Waals surface area contributed by atoms with Crippen molar-refractivity contribution >= 4 is 22.2 Å². The van der Waals surface area contributed by atoms with Gasteiger partial charge < -0.3 is 16.2 Å². The van der Waals surface area contributed by atoms with E-state index in [1.54, 1.807) is 0 Å². The first kappa shape index (κ1) is 15.7. The van der Waals surface area contributed by atoms with Gasteiger partial charge in [0.1, 0.15) is 0 Å². The molecule has 0 saturated carbocycles. The van der Waals surface area contributed by atoms with Gasteiger partial charge in [-0.2, -0.15) is 12.7 Å². The van der Waals surface area contributed by atoms with Gasteiger partial charge in [-0.1, -0.05) is 0 Å². The Kier molecular flexibility index (Phi) is 5.51. The number of aliphatic carboxylic acids is 1. The van der Waals surface area contributed by atoms with Crippen LogP contribution in [0.5, 0.6) is 0 Å². The molecular formula is C9H18N4O5S. The number of carbonyl (C=O) groups excluding carboxylic acids is 1. The summed E-state index contributed by atoms with van der Waals surface area (Å²) in [5.41, 5.74) is 4.84. The number of carboxylic acids is 1. The summed E-state index contributed by atoms with van der Waals surface area (Å²) in [6.07, 6.45) is 0.603. The first-order chi connectivity index (χ1) is 8.83. The van der Waals surface area contributed by atoms with E-state index in [2.05, 4.69) is 10.0 Å². The zero-order valence-electron chi connectivity index (χ0n) is 10.3. The Labute approximate surface area is 111 Å². The number of amides is 2. The SMILES string of the molecule is NC(=O)NCCNS(=O)(=O)N1CCC(C(=O)O)CC1. The van der Waals surface area contributed by atoms with Crippen LogP contribution in [0.15, 0.2) is 0 Å². The van der Waals surface area contributed by atoms with E-state index in [-0.39, 0.29) is 26.2 Å². The minimum atomic E-state index is -3.63. The van der Waals surface area contributed by atoms with E-state index >= 15 is 0 Å². The van der Waals surface area contributed by atoms with Crippen LogP contribution in [0.2, 0.25) is 0 Å². The monoisotopic (exact) mass is 294 g/mol. The molecular weight excluding hydrogens is 276 g/mol. The van der Waals surface area contributed by atoms with Gasteiger partial charge in [0.15, 0.2) is 0 Å². The molecule has 0 atom stereocenters. The molecule has 19 heavy (non-hydrogen) atoms. The molecule has 1 heterocycles. The number of nitrogens with one attached hydrogen (secondary N) is 2. The minimum absolute atomic E-state index is 0.0319. The number of nitrogens with zero attached hydrogens (tertiary/aromatic N) is 1. The number of nitrogens with two attached hydrogens (primary N) is 1. The normalized spacial score (nSPS) is 18.1. The molecule has 1 fully saturated rings. The number of hydrogen-bond acceptors (Lipinski definition) is 4. The van der Waals surface area contributed by atoms with Gasteiger partial charge in [-0.05, 0) is 12.8 Å². The zero-order chi connectivity index (χ0) is 14.5. The Morgan fingerprint density at radius 2 is 1.84 bits per heavy atom. The maximum absolute atomic E-state index is 11.8. The van der Waals surface area contributed by atoms with Crippen molar-refractivity contribution in [1.29, 1.82) is 0 Å². The number of urea groups is 1. The standard InChI is InChI=1S/C9H18N4O5S/c10-9(16)11-3-4-12-19(17,18)13-5-1-7(2-6-13)8(14)15/h7,12H,1-6H2,(H,14,15)(H3,10,11,16). The molecule has 10 heteroatoms. The fourth-order valence-corrected chi connectivity index (χ4v) is 3.03. The molecule has 1 rings (SSSR count). The van der Waals surface area contributed by atoms with Crippen molar-refractivity contribution in [2.24, 2.45) is 11.7 Å². The highest BCUT2D eigenvalue weighted by molar-refractivity contribution is 7.87. The van der Waals surface area contributed by atoms with Gasteiger partial charge in [0.25, 0.3) is 10.2 Å². The number of primary amides is 1. The second kappa shape index (κ2) is 6.68. The van der Waals surface area contributed by atoms with Crippen molar-refractivity contribution in [2.75, 3.05) is 26.2 Å². The summed E-state index contributed by atoms with van der Waals surface area (Å²) in [5.74, 6) is -1.38. The molecule has 5 N–H and O–H groups in total. The maximum atomic E-state index is 11.8. The third kappa shape index (κ3) is 5.01. The molecule has 2 amide bonds. The van der Waals surface area contributed by atoms with E-state index in [4.69, 9.17) is 10.8 Å². The van der Waals surface area contributed by atoms with Crippen molar-refractivity contribution in [3.05, 3.63) is 0 Å². The molecule has 0 aromatic carbocycles. The number of carbonyl (C=O) groups is 2. The van der Waals surface area contributed by atoms with Crippen LogP contribution in [0.4, 0.5) is 4.79 Å². The topological polar surface area (TPSA) is 142 Å². The number of carboxylic acid groups (broad SMARTS) is 1. The first-order valence-corrected chi connectivity index (χ1v) is 7.28. The second-order valence-electron chi connectivity index (χ2n) is 4.20. The van der Waals surface area contributed by atoms with Crippen LogP contribution in [-0.4, -0.2) is 56.0 Å². The molecule has 0 spiro atoms. The van der Waals surface area contributed by atoms with Crippen LogP contribution in [0.25, 0.3) is 0 Å². The first-order valence-electron chi connectivity index (χ1n) is 5.84. The molecule has 0 bridgehead atoms. The summed E-state index contributed by atoms with van der Waals surface area (Å²) in [6, 6.07) is -0.721. The summed E-state index contributed by atoms with van der Waals surface area (Å²) in [7, 11) is -3.63. The van der Waals surface area contributed by atoms with Crippen LogP contribution >= 0.6 is 0 Å². The van der Waals surface area contributed by atoms with Crippen molar-refractivity contribution in [3.8, 4) is 0 Å². The summed E-state index contributed by atoms with van der Waals surface area (Å²) < 4.78 is 27.2. The molecule has 0 radical (unpaired) electrons. The van der Waals surface area contributed by atoms with Crippen molar-refractivity contribution in [2.45, 2.75) is 12.8 Å². The fraction of sp³-hybridized carbons (Fsp3) is 0.778. The molecule has 0 aliphatic carbocycles. The third-order valence-electron chi connectivity index (χ3n) is 2.85. The van der Waals surface area contributed by atoms with Gasteiger partial charge in [-0.3, -0.25) is 4.79 Å². The lowest BCUT2D eigenvalue weighted by Gasteiger charge is -2.29. The van der Waals surface area contributed by atoms with E-state index in [0.29, 0.717) is 12.8 Å². The van der Waals surface area contributed by atoms with Gasteiger partial charge in [0.2, 0.25) is 0 Å². The summed E-state index contributed by atoms with van der Waals surface area (Å²) in [5, 5.41) is 11.1. The predicted octanol–water partition coefficient (Wildman–Crippen LogP) is -1.71. The highest BCUT2D eigenvalue weighted by Gasteiger charge is 2.30. The Balaban J connectivity index is 2.38.